The van der Waals surface area contributed by atoms with Crippen LogP contribution in [-0.2, 0) is 19.8 Å². The number of aliphatic imine (C=N–C) groups is 1. The first kappa shape index (κ1) is 20.0. The van der Waals surface area contributed by atoms with Crippen LogP contribution in [0.3, 0.4) is 0 Å². The van der Waals surface area contributed by atoms with Crippen LogP contribution in [-0.4, -0.2) is 28.3 Å². The molecule has 0 aliphatic rings. The van der Waals surface area contributed by atoms with E-state index in [0.29, 0.717) is 12.5 Å². The zero-order valence-corrected chi connectivity index (χ0v) is 14.8. The molecule has 21 heavy (non-hydrogen) atoms. The van der Waals surface area contributed by atoms with Gasteiger partial charge < -0.3 is 10.6 Å². The van der Waals surface area contributed by atoms with Gasteiger partial charge in [0.1, 0.15) is 0 Å². The number of nitrogens with one attached hydrogen (secondary N) is 2. The van der Waals surface area contributed by atoms with Crippen LogP contribution in [0.2, 0.25) is 0 Å². The van der Waals surface area contributed by atoms with Gasteiger partial charge >= 0.3 is 6.18 Å². The van der Waals surface area contributed by atoms with Gasteiger partial charge in [-0.1, -0.05) is 0 Å². The van der Waals surface area contributed by atoms with Gasteiger partial charge in [-0.05, 0) is 20.8 Å². The predicted octanol–water partition coefficient (Wildman–Crippen LogP) is 2.52. The molecule has 0 aliphatic carbocycles. The van der Waals surface area contributed by atoms with Crippen LogP contribution < -0.4 is 10.6 Å². The molecule has 2 N–H and O–H groups in total. The first-order valence-electron chi connectivity index (χ1n) is 6.38. The van der Waals surface area contributed by atoms with Crippen LogP contribution in [0.1, 0.15) is 32.0 Å². The molecule has 0 bridgehead atoms. The zero-order valence-electron chi connectivity index (χ0n) is 12.5. The topological polar surface area (TPSA) is 54.2 Å². The number of halogens is 4. The maximum atomic E-state index is 12.8. The summed E-state index contributed by atoms with van der Waals surface area (Å²) < 4.78 is 39.5. The summed E-state index contributed by atoms with van der Waals surface area (Å²) in [7, 11) is 1.46. The molecule has 0 unspecified atom stereocenters. The Hall–Kier alpha value is -1.00. The van der Waals surface area contributed by atoms with Crippen molar-refractivity contribution in [3.05, 3.63) is 17.5 Å². The Morgan fingerprint density at radius 3 is 2.52 bits per heavy atom. The van der Waals surface area contributed by atoms with E-state index in [4.69, 9.17) is 0 Å². The van der Waals surface area contributed by atoms with Crippen molar-refractivity contribution in [2.24, 2.45) is 12.0 Å². The third-order valence-corrected chi connectivity index (χ3v) is 2.35. The van der Waals surface area contributed by atoms with Crippen LogP contribution in [0.15, 0.2) is 11.2 Å². The van der Waals surface area contributed by atoms with Gasteiger partial charge in [0, 0.05) is 31.4 Å². The Morgan fingerprint density at radius 2 is 2.05 bits per heavy atom. The fraction of sp³-hybridized carbons (Fsp3) is 0.667. The summed E-state index contributed by atoms with van der Waals surface area (Å²) in [5.74, 6) is 0.486. The minimum atomic E-state index is -4.46. The molecule has 0 spiro atoms. The standard InChI is InChI=1S/C12H20F3N5.HI/c1-5-16-11(18-8(2)3)17-6-9-7-20(4)19-10(9)12(13,14)15;/h7-8H,5-6H2,1-4H3,(H2,16,17,18);1H. The van der Waals surface area contributed by atoms with Gasteiger partial charge in [-0.15, -0.1) is 24.0 Å². The second-order valence-corrected chi connectivity index (χ2v) is 4.67. The molecule has 0 aromatic carbocycles. The molecule has 0 saturated carbocycles. The van der Waals surface area contributed by atoms with Gasteiger partial charge in [-0.3, -0.25) is 4.68 Å². The number of alkyl halides is 3. The van der Waals surface area contributed by atoms with Crippen LogP contribution in [0.5, 0.6) is 0 Å². The third kappa shape index (κ3) is 6.53. The van der Waals surface area contributed by atoms with Crippen molar-refractivity contribution in [3.63, 3.8) is 0 Å². The normalized spacial score (nSPS) is 12.3. The monoisotopic (exact) mass is 419 g/mol. The van der Waals surface area contributed by atoms with Crippen LogP contribution in [0.25, 0.3) is 0 Å². The molecule has 1 aromatic heterocycles. The van der Waals surface area contributed by atoms with E-state index in [2.05, 4.69) is 20.7 Å². The summed E-state index contributed by atoms with van der Waals surface area (Å²) in [6, 6.07) is 0.142. The molecule has 0 amide bonds. The van der Waals surface area contributed by atoms with E-state index < -0.39 is 11.9 Å². The number of hydrogen-bond donors (Lipinski definition) is 2. The quantitative estimate of drug-likeness (QED) is 0.448. The Bertz CT molecular complexity index is 468. The average Bonchev–Trinajstić information content (AvgIpc) is 2.67. The summed E-state index contributed by atoms with van der Waals surface area (Å²) in [6.45, 7) is 6.31. The molecule has 0 saturated heterocycles. The molecular weight excluding hydrogens is 398 g/mol. The van der Waals surface area contributed by atoms with Crippen molar-refractivity contribution in [3.8, 4) is 0 Å². The maximum absolute atomic E-state index is 12.8. The molecule has 0 aliphatic heterocycles. The second-order valence-electron chi connectivity index (χ2n) is 4.67. The molecule has 0 atom stereocenters. The Kier molecular flexibility index (Phi) is 8.04. The van der Waals surface area contributed by atoms with Gasteiger partial charge in [0.05, 0.1) is 6.54 Å². The molecule has 0 radical (unpaired) electrons. The fourth-order valence-electron chi connectivity index (χ4n) is 1.65. The SMILES string of the molecule is CCNC(=NCc1cn(C)nc1C(F)(F)F)NC(C)C.I. The molecule has 122 valence electrons. The number of rotatable bonds is 4. The second kappa shape index (κ2) is 8.44. The van der Waals surface area contributed by atoms with E-state index in [9.17, 15) is 13.2 Å². The van der Waals surface area contributed by atoms with E-state index in [1.165, 1.54) is 13.2 Å². The molecule has 5 nitrogen and oxygen atoms in total. The lowest BCUT2D eigenvalue weighted by Crippen LogP contribution is -2.41. The van der Waals surface area contributed by atoms with E-state index in [0.717, 1.165) is 4.68 Å². The highest BCUT2D eigenvalue weighted by molar-refractivity contribution is 14.0. The largest absolute Gasteiger partial charge is 0.435 e. The predicted molar refractivity (Wildman–Crippen MR) is 86.7 cm³/mol. The smallest absolute Gasteiger partial charge is 0.357 e. The Morgan fingerprint density at radius 1 is 1.43 bits per heavy atom. The Balaban J connectivity index is 0.00000400. The highest BCUT2D eigenvalue weighted by Crippen LogP contribution is 2.30. The fourth-order valence-corrected chi connectivity index (χ4v) is 1.65. The lowest BCUT2D eigenvalue weighted by atomic mass is 10.2. The summed E-state index contributed by atoms with van der Waals surface area (Å²) in [5, 5.41) is 9.47. The number of nitrogens with zero attached hydrogens (tertiary/aromatic N) is 3. The van der Waals surface area contributed by atoms with Crippen LogP contribution >= 0.6 is 24.0 Å². The van der Waals surface area contributed by atoms with Gasteiger partial charge in [0.15, 0.2) is 11.7 Å². The van der Waals surface area contributed by atoms with Gasteiger partial charge in [0.2, 0.25) is 0 Å². The first-order valence-corrected chi connectivity index (χ1v) is 6.38. The van der Waals surface area contributed by atoms with E-state index in [-0.39, 0.29) is 42.1 Å². The molecular formula is C12H21F3IN5. The molecule has 1 heterocycles. The maximum Gasteiger partial charge on any atom is 0.435 e. The lowest BCUT2D eigenvalue weighted by Gasteiger charge is -2.14. The highest BCUT2D eigenvalue weighted by atomic mass is 127. The van der Waals surface area contributed by atoms with Gasteiger partial charge in [0.25, 0.3) is 0 Å². The third-order valence-electron chi connectivity index (χ3n) is 2.35. The summed E-state index contributed by atoms with van der Waals surface area (Å²) >= 11 is 0. The van der Waals surface area contributed by atoms with E-state index in [1.807, 2.05) is 20.8 Å². The number of hydrogen-bond acceptors (Lipinski definition) is 2. The van der Waals surface area contributed by atoms with Crippen molar-refractivity contribution in [1.29, 1.82) is 0 Å². The molecule has 9 heteroatoms. The highest BCUT2D eigenvalue weighted by Gasteiger charge is 2.36. The number of aryl methyl sites for hydroxylation is 1. The van der Waals surface area contributed by atoms with Gasteiger partial charge in [-0.2, -0.15) is 18.3 Å². The average molecular weight is 419 g/mol. The minimum absolute atomic E-state index is 0. The van der Waals surface area contributed by atoms with E-state index in [1.54, 1.807) is 0 Å². The van der Waals surface area contributed by atoms with Crippen molar-refractivity contribution >= 4 is 29.9 Å². The van der Waals surface area contributed by atoms with Crippen molar-refractivity contribution in [2.75, 3.05) is 6.54 Å². The Labute approximate surface area is 139 Å². The van der Waals surface area contributed by atoms with Crippen molar-refractivity contribution in [2.45, 2.75) is 39.5 Å². The molecule has 1 aromatic rings. The molecule has 1 rings (SSSR count). The van der Waals surface area contributed by atoms with E-state index >= 15 is 0 Å². The van der Waals surface area contributed by atoms with Crippen molar-refractivity contribution in [1.82, 2.24) is 20.4 Å². The number of aromatic nitrogens is 2. The minimum Gasteiger partial charge on any atom is -0.357 e. The molecule has 0 fully saturated rings. The number of guanidine groups is 1. The van der Waals surface area contributed by atoms with Gasteiger partial charge in [-0.25, -0.2) is 4.99 Å². The van der Waals surface area contributed by atoms with Crippen LogP contribution in [0.4, 0.5) is 13.2 Å². The van der Waals surface area contributed by atoms with Crippen molar-refractivity contribution < 1.29 is 13.2 Å². The lowest BCUT2D eigenvalue weighted by molar-refractivity contribution is -0.142. The van der Waals surface area contributed by atoms with Crippen LogP contribution in [0, 0.1) is 0 Å². The first-order chi connectivity index (χ1) is 9.24. The summed E-state index contributed by atoms with van der Waals surface area (Å²) in [5.41, 5.74) is -0.829. The summed E-state index contributed by atoms with van der Waals surface area (Å²) in [6.07, 6.45) is -3.12. The summed E-state index contributed by atoms with van der Waals surface area (Å²) in [4.78, 5) is 4.15. The zero-order chi connectivity index (χ0) is 15.3.